The summed E-state index contributed by atoms with van der Waals surface area (Å²) in [6.07, 6.45) is 1.74. The van der Waals surface area contributed by atoms with Gasteiger partial charge in [0, 0.05) is 32.4 Å². The van der Waals surface area contributed by atoms with E-state index in [1.54, 1.807) is 19.5 Å². The lowest BCUT2D eigenvalue weighted by Crippen LogP contribution is -2.14. The van der Waals surface area contributed by atoms with Gasteiger partial charge in [0.05, 0.1) is 34.9 Å². The van der Waals surface area contributed by atoms with Crippen LogP contribution in [0.15, 0.2) is 41.4 Å². The van der Waals surface area contributed by atoms with Gasteiger partial charge in [0.2, 0.25) is 0 Å². The van der Waals surface area contributed by atoms with E-state index in [-0.39, 0.29) is 0 Å². The number of halogens is 2. The van der Waals surface area contributed by atoms with Crippen molar-refractivity contribution in [3.8, 4) is 5.75 Å². The molecule has 0 aliphatic carbocycles. The highest BCUT2D eigenvalue weighted by Crippen LogP contribution is 2.38. The number of nitrogens with zero attached hydrogens (tertiary/aromatic N) is 3. The van der Waals surface area contributed by atoms with E-state index in [4.69, 9.17) is 27.9 Å². The highest BCUT2D eigenvalue weighted by molar-refractivity contribution is 6.37. The van der Waals surface area contributed by atoms with E-state index in [2.05, 4.69) is 4.99 Å². The van der Waals surface area contributed by atoms with E-state index in [9.17, 15) is 0 Å². The van der Waals surface area contributed by atoms with Crippen molar-refractivity contribution in [3.63, 3.8) is 0 Å². The molecule has 6 heteroatoms. The minimum absolute atomic E-state index is 0.546. The van der Waals surface area contributed by atoms with Crippen molar-refractivity contribution in [2.45, 2.75) is 6.92 Å². The molecule has 2 rings (SSSR count). The van der Waals surface area contributed by atoms with Gasteiger partial charge in [-0.15, -0.1) is 0 Å². The second kappa shape index (κ2) is 8.27. The van der Waals surface area contributed by atoms with Gasteiger partial charge in [-0.25, -0.2) is 4.99 Å². The summed E-state index contributed by atoms with van der Waals surface area (Å²) < 4.78 is 5.27. The molecule has 0 radical (unpaired) electrons. The van der Waals surface area contributed by atoms with Crippen LogP contribution in [0.3, 0.4) is 0 Å². The molecule has 128 valence electrons. The molecule has 0 N–H and O–H groups in total. The zero-order valence-electron chi connectivity index (χ0n) is 14.3. The topological polar surface area (TPSA) is 28.1 Å². The first-order valence-corrected chi connectivity index (χ1v) is 8.33. The van der Waals surface area contributed by atoms with Crippen molar-refractivity contribution in [1.29, 1.82) is 0 Å². The van der Waals surface area contributed by atoms with Crippen LogP contribution >= 0.6 is 23.2 Å². The third-order valence-corrected chi connectivity index (χ3v) is 4.32. The molecule has 0 fully saturated rings. The predicted molar refractivity (Wildman–Crippen MR) is 104 cm³/mol. The number of benzene rings is 2. The minimum Gasteiger partial charge on any atom is -0.497 e. The summed E-state index contributed by atoms with van der Waals surface area (Å²) >= 11 is 12.8. The standard InChI is InChI=1S/C18H21Cl2N3O/c1-5-22(2)12-21-17-10-16(20)18(11-15(17)19)23(3)13-7-6-8-14(9-13)24-4/h6-12H,5H2,1-4H3/b21-12-. The Balaban J connectivity index is 2.34. The van der Waals surface area contributed by atoms with Gasteiger partial charge in [-0.3, -0.25) is 0 Å². The molecule has 0 aliphatic rings. The first-order valence-electron chi connectivity index (χ1n) is 7.57. The number of hydrogen-bond acceptors (Lipinski definition) is 3. The zero-order chi connectivity index (χ0) is 17.7. The Hall–Kier alpha value is -1.91. The van der Waals surface area contributed by atoms with Crippen molar-refractivity contribution in [2.75, 3.05) is 32.6 Å². The Bertz CT molecular complexity index is 734. The molecular weight excluding hydrogens is 345 g/mol. The summed E-state index contributed by atoms with van der Waals surface area (Å²) in [4.78, 5) is 8.30. The average molecular weight is 366 g/mol. The molecule has 0 heterocycles. The number of anilines is 2. The lowest BCUT2D eigenvalue weighted by Gasteiger charge is -2.22. The van der Waals surface area contributed by atoms with Crippen LogP contribution in [0.1, 0.15) is 6.92 Å². The number of aliphatic imine (C=N–C) groups is 1. The van der Waals surface area contributed by atoms with Crippen molar-refractivity contribution < 1.29 is 4.74 Å². The second-order valence-corrected chi connectivity index (χ2v) is 6.15. The molecule has 0 saturated carbocycles. The Labute approximate surface area is 153 Å². The van der Waals surface area contributed by atoms with Gasteiger partial charge >= 0.3 is 0 Å². The lowest BCUT2D eigenvalue weighted by atomic mass is 10.2. The summed E-state index contributed by atoms with van der Waals surface area (Å²) in [5, 5.41) is 1.13. The van der Waals surface area contributed by atoms with Crippen LogP contribution in [0, 0.1) is 0 Å². The Kier molecular flexibility index (Phi) is 6.35. The van der Waals surface area contributed by atoms with Crippen LogP contribution in [0.5, 0.6) is 5.75 Å². The van der Waals surface area contributed by atoms with Gasteiger partial charge in [0.1, 0.15) is 5.75 Å². The molecule has 0 unspecified atom stereocenters. The fourth-order valence-electron chi connectivity index (χ4n) is 2.08. The van der Waals surface area contributed by atoms with Gasteiger partial charge in [-0.2, -0.15) is 0 Å². The van der Waals surface area contributed by atoms with Gasteiger partial charge in [0.15, 0.2) is 0 Å². The molecule has 4 nitrogen and oxygen atoms in total. The van der Waals surface area contributed by atoms with Crippen LogP contribution in [-0.2, 0) is 0 Å². The van der Waals surface area contributed by atoms with Crippen LogP contribution in [0.25, 0.3) is 0 Å². The third kappa shape index (κ3) is 4.34. The van der Waals surface area contributed by atoms with E-state index < -0.39 is 0 Å². The molecule has 0 amide bonds. The van der Waals surface area contributed by atoms with Crippen LogP contribution in [-0.4, -0.2) is 39.0 Å². The van der Waals surface area contributed by atoms with Crippen molar-refractivity contribution in [3.05, 3.63) is 46.4 Å². The number of methoxy groups -OCH3 is 1. The summed E-state index contributed by atoms with van der Waals surface area (Å²) in [6.45, 7) is 2.91. The Morgan fingerprint density at radius 2 is 1.88 bits per heavy atom. The molecule has 0 aliphatic heterocycles. The molecule has 0 spiro atoms. The van der Waals surface area contributed by atoms with Crippen LogP contribution < -0.4 is 9.64 Å². The maximum atomic E-state index is 6.45. The number of ether oxygens (including phenoxy) is 1. The molecule has 0 atom stereocenters. The van der Waals surface area contributed by atoms with E-state index in [1.165, 1.54) is 0 Å². The van der Waals surface area contributed by atoms with Gasteiger partial charge < -0.3 is 14.5 Å². The first-order chi connectivity index (χ1) is 11.5. The van der Waals surface area contributed by atoms with Crippen LogP contribution in [0.4, 0.5) is 17.1 Å². The molecule has 0 saturated heterocycles. The molecule has 0 bridgehead atoms. The molecule has 24 heavy (non-hydrogen) atoms. The lowest BCUT2D eigenvalue weighted by molar-refractivity contribution is 0.415. The van der Waals surface area contributed by atoms with Gasteiger partial charge in [0.25, 0.3) is 0 Å². The minimum atomic E-state index is 0.546. The smallest absolute Gasteiger partial charge is 0.120 e. The normalized spacial score (nSPS) is 10.9. The van der Waals surface area contributed by atoms with Crippen molar-refractivity contribution >= 4 is 46.6 Å². The zero-order valence-corrected chi connectivity index (χ0v) is 15.8. The summed E-state index contributed by atoms with van der Waals surface area (Å²) in [5.74, 6) is 0.783. The highest BCUT2D eigenvalue weighted by atomic mass is 35.5. The number of hydrogen-bond donors (Lipinski definition) is 0. The monoisotopic (exact) mass is 365 g/mol. The maximum absolute atomic E-state index is 6.45. The number of rotatable bonds is 6. The Morgan fingerprint density at radius 1 is 1.12 bits per heavy atom. The molecule has 0 aromatic heterocycles. The van der Waals surface area contributed by atoms with E-state index in [0.717, 1.165) is 23.7 Å². The van der Waals surface area contributed by atoms with E-state index in [0.29, 0.717) is 15.7 Å². The molecule has 2 aromatic rings. The molecular formula is C18H21Cl2N3O. The fraction of sp³-hybridized carbons (Fsp3) is 0.278. The summed E-state index contributed by atoms with van der Waals surface area (Å²) in [5.41, 5.74) is 2.40. The third-order valence-electron chi connectivity index (χ3n) is 3.71. The Morgan fingerprint density at radius 3 is 2.54 bits per heavy atom. The maximum Gasteiger partial charge on any atom is 0.120 e. The first kappa shape index (κ1) is 18.4. The summed E-state index contributed by atoms with van der Waals surface area (Å²) in [6, 6.07) is 11.3. The van der Waals surface area contributed by atoms with Gasteiger partial charge in [-0.1, -0.05) is 29.3 Å². The largest absolute Gasteiger partial charge is 0.497 e. The average Bonchev–Trinajstić information content (AvgIpc) is 2.61. The highest BCUT2D eigenvalue weighted by Gasteiger charge is 2.12. The second-order valence-electron chi connectivity index (χ2n) is 5.33. The van der Waals surface area contributed by atoms with Gasteiger partial charge in [-0.05, 0) is 31.2 Å². The summed E-state index contributed by atoms with van der Waals surface area (Å²) in [7, 11) is 5.52. The van der Waals surface area contributed by atoms with E-state index >= 15 is 0 Å². The quantitative estimate of drug-likeness (QED) is 0.507. The van der Waals surface area contributed by atoms with Crippen molar-refractivity contribution in [1.82, 2.24) is 4.90 Å². The molecule has 2 aromatic carbocycles. The van der Waals surface area contributed by atoms with Crippen LogP contribution in [0.2, 0.25) is 10.0 Å². The SMILES string of the molecule is CCN(C)/C=N\c1cc(Cl)c(N(C)c2cccc(OC)c2)cc1Cl. The van der Waals surface area contributed by atoms with Crippen molar-refractivity contribution in [2.24, 2.45) is 4.99 Å². The fourth-order valence-corrected chi connectivity index (χ4v) is 2.57. The van der Waals surface area contributed by atoms with E-state index in [1.807, 2.05) is 61.2 Å². The predicted octanol–water partition coefficient (Wildman–Crippen LogP) is 5.38.